The van der Waals surface area contributed by atoms with Crippen LogP contribution in [0.3, 0.4) is 0 Å². The van der Waals surface area contributed by atoms with Crippen LogP contribution in [0.5, 0.6) is 5.75 Å². The number of methoxy groups -OCH3 is 1. The van der Waals surface area contributed by atoms with Crippen LogP contribution < -0.4 is 15.0 Å². The quantitative estimate of drug-likeness (QED) is 0.524. The summed E-state index contributed by atoms with van der Waals surface area (Å²) in [7, 11) is 1.64. The summed E-state index contributed by atoms with van der Waals surface area (Å²) in [5.41, 5.74) is 1.33. The van der Waals surface area contributed by atoms with Crippen molar-refractivity contribution in [3.05, 3.63) is 60.6 Å². The zero-order chi connectivity index (χ0) is 26.4. The third kappa shape index (κ3) is 6.99. The van der Waals surface area contributed by atoms with E-state index in [1.807, 2.05) is 57.2 Å². The highest BCUT2D eigenvalue weighted by atomic mass is 16.5. The van der Waals surface area contributed by atoms with Gasteiger partial charge in [-0.15, -0.1) is 10.2 Å². The maximum atomic E-state index is 13.1. The molecule has 0 bridgehead atoms. The van der Waals surface area contributed by atoms with Crippen molar-refractivity contribution in [3.8, 4) is 17.0 Å². The number of benzene rings is 1. The molecule has 3 heterocycles. The number of nitrogens with zero attached hydrogens (tertiary/aromatic N) is 5. The number of hydrogen-bond acceptors (Lipinski definition) is 7. The van der Waals surface area contributed by atoms with Gasteiger partial charge in [0.15, 0.2) is 5.82 Å². The van der Waals surface area contributed by atoms with Gasteiger partial charge in [-0.2, -0.15) is 0 Å². The van der Waals surface area contributed by atoms with Crippen molar-refractivity contribution in [2.24, 2.45) is 0 Å². The Morgan fingerprint density at radius 3 is 2.32 bits per heavy atom. The second-order valence-corrected chi connectivity index (χ2v) is 9.99. The minimum absolute atomic E-state index is 0.0288. The number of anilines is 1. The number of furan rings is 1. The fraction of sp³-hybridized carbons (Fsp3) is 0.407. The van der Waals surface area contributed by atoms with Gasteiger partial charge >= 0.3 is 6.03 Å². The third-order valence-electron chi connectivity index (χ3n) is 6.01. The van der Waals surface area contributed by atoms with Crippen LogP contribution in [0.4, 0.5) is 10.6 Å². The molecule has 1 aliphatic heterocycles. The molecule has 0 radical (unpaired) electrons. The first-order valence-electron chi connectivity index (χ1n) is 12.3. The van der Waals surface area contributed by atoms with Crippen LogP contribution in [-0.2, 0) is 11.3 Å². The van der Waals surface area contributed by atoms with Gasteiger partial charge in [0.1, 0.15) is 18.1 Å². The molecule has 1 aliphatic rings. The molecule has 1 N–H and O–H groups in total. The molecule has 1 fully saturated rings. The first-order valence-corrected chi connectivity index (χ1v) is 12.3. The zero-order valence-corrected chi connectivity index (χ0v) is 21.8. The summed E-state index contributed by atoms with van der Waals surface area (Å²) in [4.78, 5) is 31.4. The molecule has 0 unspecified atom stereocenters. The van der Waals surface area contributed by atoms with Crippen molar-refractivity contribution in [2.75, 3.05) is 44.7 Å². The second kappa shape index (κ2) is 11.3. The summed E-state index contributed by atoms with van der Waals surface area (Å²) in [6.45, 7) is 8.25. The molecule has 4 rings (SSSR count). The zero-order valence-electron chi connectivity index (χ0n) is 21.8. The number of ether oxygens (including phenoxy) is 1. The van der Waals surface area contributed by atoms with E-state index in [2.05, 4.69) is 20.4 Å². The molecule has 1 saturated heterocycles. The van der Waals surface area contributed by atoms with E-state index < -0.39 is 5.54 Å². The lowest BCUT2D eigenvalue weighted by Crippen LogP contribution is -2.54. The molecule has 0 spiro atoms. The Hall–Kier alpha value is -4.08. The predicted molar refractivity (Wildman–Crippen MR) is 140 cm³/mol. The lowest BCUT2D eigenvalue weighted by Gasteiger charge is -2.36. The Kier molecular flexibility index (Phi) is 7.95. The monoisotopic (exact) mass is 506 g/mol. The molecule has 0 saturated carbocycles. The standard InChI is InChI=1S/C27H34N6O4/c1-27(2,3)28-26(35)33(18-22-6-5-17-37-22)19-25(34)32-15-13-31(14-16-32)24-12-11-23(29-30-24)20-7-9-21(36-4)10-8-20/h5-12,17H,13-16,18-19H2,1-4H3,(H,28,35). The summed E-state index contributed by atoms with van der Waals surface area (Å²) in [5, 5.41) is 11.7. The molecule has 0 aliphatic carbocycles. The summed E-state index contributed by atoms with van der Waals surface area (Å²) in [6.07, 6.45) is 1.56. The number of rotatable bonds is 7. The average molecular weight is 507 g/mol. The highest BCUT2D eigenvalue weighted by molar-refractivity contribution is 5.84. The van der Waals surface area contributed by atoms with Crippen molar-refractivity contribution in [3.63, 3.8) is 0 Å². The van der Waals surface area contributed by atoms with Gasteiger partial charge in [-0.25, -0.2) is 4.79 Å². The van der Waals surface area contributed by atoms with Gasteiger partial charge in [0, 0.05) is 37.3 Å². The summed E-state index contributed by atoms with van der Waals surface area (Å²) in [5.74, 6) is 2.09. The lowest BCUT2D eigenvalue weighted by atomic mass is 10.1. The first kappa shape index (κ1) is 26.0. The smallest absolute Gasteiger partial charge is 0.318 e. The van der Waals surface area contributed by atoms with Gasteiger partial charge in [0.05, 0.1) is 25.6 Å². The number of carbonyl (C=O) groups excluding carboxylic acids is 2. The van der Waals surface area contributed by atoms with Crippen LogP contribution in [0.15, 0.2) is 59.2 Å². The molecule has 2 aromatic heterocycles. The van der Waals surface area contributed by atoms with Crippen molar-refractivity contribution in [2.45, 2.75) is 32.9 Å². The molecular formula is C27H34N6O4. The minimum Gasteiger partial charge on any atom is -0.497 e. The number of piperazine rings is 1. The van der Waals surface area contributed by atoms with Gasteiger partial charge in [0.2, 0.25) is 5.91 Å². The van der Waals surface area contributed by atoms with Gasteiger partial charge in [-0.3, -0.25) is 4.79 Å². The average Bonchev–Trinajstić information content (AvgIpc) is 3.41. The topological polar surface area (TPSA) is 104 Å². The predicted octanol–water partition coefficient (Wildman–Crippen LogP) is 3.40. The lowest BCUT2D eigenvalue weighted by molar-refractivity contribution is -0.132. The van der Waals surface area contributed by atoms with Crippen LogP contribution in [-0.4, -0.2) is 77.3 Å². The second-order valence-electron chi connectivity index (χ2n) is 9.99. The first-order chi connectivity index (χ1) is 17.7. The Labute approximate surface area is 217 Å². The van der Waals surface area contributed by atoms with Gasteiger partial charge in [-0.05, 0) is 69.3 Å². The Morgan fingerprint density at radius 2 is 1.76 bits per heavy atom. The highest BCUT2D eigenvalue weighted by Crippen LogP contribution is 2.22. The van der Waals surface area contributed by atoms with Crippen molar-refractivity contribution in [1.82, 2.24) is 25.3 Å². The molecule has 3 amide bonds. The molecule has 10 nitrogen and oxygen atoms in total. The SMILES string of the molecule is COc1ccc(-c2ccc(N3CCN(C(=O)CN(Cc4ccco4)C(=O)NC(C)(C)C)CC3)nn2)cc1. The van der Waals surface area contributed by atoms with Crippen LogP contribution >= 0.6 is 0 Å². The minimum atomic E-state index is -0.420. The highest BCUT2D eigenvalue weighted by Gasteiger charge is 2.27. The molecule has 37 heavy (non-hydrogen) atoms. The van der Waals surface area contributed by atoms with E-state index in [4.69, 9.17) is 9.15 Å². The van der Waals surface area contributed by atoms with Crippen LogP contribution in [0.2, 0.25) is 0 Å². The maximum absolute atomic E-state index is 13.1. The Morgan fingerprint density at radius 1 is 1.03 bits per heavy atom. The van der Waals surface area contributed by atoms with E-state index in [-0.39, 0.29) is 25.0 Å². The number of carbonyl (C=O) groups is 2. The van der Waals surface area contributed by atoms with Gasteiger partial charge in [0.25, 0.3) is 0 Å². The summed E-state index contributed by atoms with van der Waals surface area (Å²) < 4.78 is 10.6. The van der Waals surface area contributed by atoms with E-state index in [0.717, 1.165) is 22.8 Å². The molecule has 10 heteroatoms. The number of hydrogen-bond donors (Lipinski definition) is 1. The normalized spacial score (nSPS) is 13.8. The Balaban J connectivity index is 1.33. The van der Waals surface area contributed by atoms with E-state index in [1.165, 1.54) is 4.90 Å². The number of urea groups is 1. The summed E-state index contributed by atoms with van der Waals surface area (Å²) in [6, 6.07) is 14.8. The van der Waals surface area contributed by atoms with Crippen LogP contribution in [0, 0.1) is 0 Å². The maximum Gasteiger partial charge on any atom is 0.318 e. The third-order valence-corrected chi connectivity index (χ3v) is 6.01. The number of amides is 3. The number of aromatic nitrogens is 2. The van der Waals surface area contributed by atoms with Crippen molar-refractivity contribution in [1.29, 1.82) is 0 Å². The fourth-order valence-electron chi connectivity index (χ4n) is 4.05. The van der Waals surface area contributed by atoms with Crippen LogP contribution in [0.1, 0.15) is 26.5 Å². The van der Waals surface area contributed by atoms with Gasteiger partial charge in [-0.1, -0.05) is 0 Å². The van der Waals surface area contributed by atoms with E-state index in [0.29, 0.717) is 31.9 Å². The van der Waals surface area contributed by atoms with Crippen molar-refractivity contribution >= 4 is 17.8 Å². The van der Waals surface area contributed by atoms with E-state index >= 15 is 0 Å². The van der Waals surface area contributed by atoms with Crippen LogP contribution in [0.25, 0.3) is 11.3 Å². The Bertz CT molecular complexity index is 1170. The van der Waals surface area contributed by atoms with E-state index in [1.54, 1.807) is 30.4 Å². The molecule has 196 valence electrons. The summed E-state index contributed by atoms with van der Waals surface area (Å²) >= 11 is 0. The molecular weight excluding hydrogens is 472 g/mol. The van der Waals surface area contributed by atoms with E-state index in [9.17, 15) is 9.59 Å². The largest absolute Gasteiger partial charge is 0.497 e. The van der Waals surface area contributed by atoms with Gasteiger partial charge < -0.3 is 29.2 Å². The number of nitrogens with one attached hydrogen (secondary N) is 1. The molecule has 3 aromatic rings. The van der Waals surface area contributed by atoms with Crippen molar-refractivity contribution < 1.29 is 18.7 Å². The fourth-order valence-corrected chi connectivity index (χ4v) is 4.05. The molecule has 0 atom stereocenters. The molecule has 1 aromatic carbocycles.